The monoisotopic (exact) mass is 327 g/mol. The van der Waals surface area contributed by atoms with Gasteiger partial charge in [0.25, 0.3) is 0 Å². The fourth-order valence-electron chi connectivity index (χ4n) is 4.59. The molecule has 0 radical (unpaired) electrons. The maximum atomic E-state index is 12.6. The van der Waals surface area contributed by atoms with Crippen LogP contribution in [0.5, 0.6) is 0 Å². The number of amides is 1. The Hall–Kier alpha value is -1.88. The Kier molecular flexibility index (Phi) is 4.04. The molecule has 1 aromatic rings. The van der Waals surface area contributed by atoms with E-state index in [1.54, 1.807) is 0 Å². The highest BCUT2D eigenvalue weighted by atomic mass is 16.2. The van der Waals surface area contributed by atoms with E-state index in [0.717, 1.165) is 57.3 Å². The fraction of sp³-hybridized carbons (Fsp3) is 0.579. The van der Waals surface area contributed by atoms with E-state index in [2.05, 4.69) is 27.2 Å². The lowest BCUT2D eigenvalue weighted by atomic mass is 9.83. The number of para-hydroxylation sites is 1. The molecule has 2 heterocycles. The Morgan fingerprint density at radius 1 is 1.04 bits per heavy atom. The average molecular weight is 327 g/mol. The molecule has 0 bridgehead atoms. The number of rotatable bonds is 2. The number of carbonyl (C=O) groups excluding carboxylic acids is 2. The predicted molar refractivity (Wildman–Crippen MR) is 92.7 cm³/mol. The van der Waals surface area contributed by atoms with Crippen LogP contribution in [0, 0.1) is 0 Å². The number of anilines is 1. The lowest BCUT2D eigenvalue weighted by Gasteiger charge is -2.45. The number of Topliss-reactive ketones (excluding diaryl/α,β-unsaturated/α-hetero) is 1. The summed E-state index contributed by atoms with van der Waals surface area (Å²) in [7, 11) is 0. The van der Waals surface area contributed by atoms with E-state index in [1.165, 1.54) is 0 Å². The van der Waals surface area contributed by atoms with Crippen LogP contribution in [0.15, 0.2) is 30.3 Å². The third-order valence-electron chi connectivity index (χ3n) is 5.99. The molecular formula is C19H25N3O2. The van der Waals surface area contributed by atoms with Crippen LogP contribution in [0.1, 0.15) is 38.5 Å². The molecule has 128 valence electrons. The van der Waals surface area contributed by atoms with E-state index in [0.29, 0.717) is 12.5 Å². The number of benzene rings is 1. The van der Waals surface area contributed by atoms with Gasteiger partial charge in [-0.05, 0) is 37.8 Å². The molecule has 5 heteroatoms. The number of nitrogens with one attached hydrogen (secondary N) is 1. The van der Waals surface area contributed by atoms with Crippen molar-refractivity contribution in [2.75, 3.05) is 24.7 Å². The standard InChI is InChI=1S/C19H25N3O2/c23-17-9-5-4-8-16(17)21-12-10-19(11-13-21)18(24)20-14-22(19)15-6-2-1-3-7-15/h1-3,6-7,16H,4-5,8-14H2,(H,20,24). The summed E-state index contributed by atoms with van der Waals surface area (Å²) in [5, 5.41) is 3.03. The van der Waals surface area contributed by atoms with Gasteiger partial charge in [-0.3, -0.25) is 14.5 Å². The van der Waals surface area contributed by atoms with Gasteiger partial charge in [-0.25, -0.2) is 0 Å². The summed E-state index contributed by atoms with van der Waals surface area (Å²) in [6, 6.07) is 10.3. The van der Waals surface area contributed by atoms with Gasteiger partial charge in [-0.1, -0.05) is 24.6 Å². The first-order valence-corrected chi connectivity index (χ1v) is 9.08. The smallest absolute Gasteiger partial charge is 0.247 e. The van der Waals surface area contributed by atoms with Gasteiger partial charge in [0.1, 0.15) is 11.3 Å². The van der Waals surface area contributed by atoms with E-state index in [9.17, 15) is 9.59 Å². The van der Waals surface area contributed by atoms with Gasteiger partial charge in [0.05, 0.1) is 12.7 Å². The quantitative estimate of drug-likeness (QED) is 0.902. The van der Waals surface area contributed by atoms with Crippen LogP contribution in [-0.2, 0) is 9.59 Å². The molecule has 1 aliphatic carbocycles. The maximum absolute atomic E-state index is 12.6. The number of hydrogen-bond acceptors (Lipinski definition) is 4. The highest BCUT2D eigenvalue weighted by molar-refractivity contribution is 5.93. The Balaban J connectivity index is 1.51. The number of nitrogens with zero attached hydrogens (tertiary/aromatic N) is 2. The predicted octanol–water partition coefficient (Wildman–Crippen LogP) is 1.93. The van der Waals surface area contributed by atoms with Crippen LogP contribution in [0.3, 0.4) is 0 Å². The Labute approximate surface area is 143 Å². The summed E-state index contributed by atoms with van der Waals surface area (Å²) in [5.74, 6) is 0.536. The van der Waals surface area contributed by atoms with E-state index in [-0.39, 0.29) is 11.9 Å². The van der Waals surface area contributed by atoms with Gasteiger partial charge in [0, 0.05) is 25.2 Å². The summed E-state index contributed by atoms with van der Waals surface area (Å²) in [4.78, 5) is 29.4. The lowest BCUT2D eigenvalue weighted by molar-refractivity contribution is -0.128. The van der Waals surface area contributed by atoms with Gasteiger partial charge < -0.3 is 10.2 Å². The van der Waals surface area contributed by atoms with Crippen molar-refractivity contribution in [1.82, 2.24) is 10.2 Å². The summed E-state index contributed by atoms with van der Waals surface area (Å²) in [6.45, 7) is 2.23. The van der Waals surface area contributed by atoms with Crippen LogP contribution in [0.4, 0.5) is 5.69 Å². The molecule has 1 saturated carbocycles. The number of likely N-dealkylation sites (tertiary alicyclic amines) is 1. The van der Waals surface area contributed by atoms with Crippen LogP contribution >= 0.6 is 0 Å². The molecule has 3 fully saturated rings. The number of hydrogen-bond donors (Lipinski definition) is 1. The molecule has 1 aromatic carbocycles. The normalized spacial score (nSPS) is 27.5. The summed E-state index contributed by atoms with van der Waals surface area (Å²) >= 11 is 0. The lowest BCUT2D eigenvalue weighted by Crippen LogP contribution is -2.59. The van der Waals surface area contributed by atoms with Crippen molar-refractivity contribution in [1.29, 1.82) is 0 Å². The second kappa shape index (κ2) is 6.20. The van der Waals surface area contributed by atoms with E-state index in [4.69, 9.17) is 0 Å². The van der Waals surface area contributed by atoms with Crippen molar-refractivity contribution < 1.29 is 9.59 Å². The van der Waals surface area contributed by atoms with Gasteiger partial charge in [0.15, 0.2) is 0 Å². The SMILES string of the molecule is O=C1CCCCC1N1CCC2(CC1)C(=O)NCN2c1ccccc1. The van der Waals surface area contributed by atoms with Crippen LogP contribution < -0.4 is 10.2 Å². The van der Waals surface area contributed by atoms with Gasteiger partial charge >= 0.3 is 0 Å². The zero-order valence-corrected chi connectivity index (χ0v) is 14.0. The molecule has 3 aliphatic rings. The van der Waals surface area contributed by atoms with Crippen LogP contribution in [0.25, 0.3) is 0 Å². The Bertz CT molecular complexity index is 623. The minimum atomic E-state index is -0.449. The summed E-state index contributed by atoms with van der Waals surface area (Å²) < 4.78 is 0. The van der Waals surface area contributed by atoms with Crippen molar-refractivity contribution in [2.45, 2.75) is 50.1 Å². The van der Waals surface area contributed by atoms with E-state index >= 15 is 0 Å². The minimum absolute atomic E-state index is 0.0886. The molecule has 4 rings (SSSR count). The van der Waals surface area contributed by atoms with Crippen molar-refractivity contribution in [2.24, 2.45) is 0 Å². The van der Waals surface area contributed by atoms with Crippen molar-refractivity contribution in [3.63, 3.8) is 0 Å². The van der Waals surface area contributed by atoms with Crippen LogP contribution in [0.2, 0.25) is 0 Å². The van der Waals surface area contributed by atoms with Crippen molar-refractivity contribution in [3.8, 4) is 0 Å². The number of ketones is 1. The average Bonchev–Trinajstić information content (AvgIpc) is 2.93. The zero-order chi connectivity index (χ0) is 16.6. The molecular weight excluding hydrogens is 302 g/mol. The third-order valence-corrected chi connectivity index (χ3v) is 5.99. The summed E-state index contributed by atoms with van der Waals surface area (Å²) in [5.41, 5.74) is 0.647. The molecule has 0 aromatic heterocycles. The first-order chi connectivity index (χ1) is 11.7. The molecule has 2 saturated heterocycles. The third kappa shape index (κ3) is 2.51. The molecule has 24 heavy (non-hydrogen) atoms. The second-order valence-corrected chi connectivity index (χ2v) is 7.22. The number of carbonyl (C=O) groups is 2. The first-order valence-electron chi connectivity index (χ1n) is 9.08. The van der Waals surface area contributed by atoms with Gasteiger partial charge in [0.2, 0.25) is 5.91 Å². The van der Waals surface area contributed by atoms with E-state index in [1.807, 2.05) is 18.2 Å². The molecule has 1 N–H and O–H groups in total. The minimum Gasteiger partial charge on any atom is -0.339 e. The number of piperidine rings is 1. The van der Waals surface area contributed by atoms with Crippen LogP contribution in [-0.4, -0.2) is 47.9 Å². The molecule has 1 unspecified atom stereocenters. The highest BCUT2D eigenvalue weighted by Gasteiger charge is 2.51. The van der Waals surface area contributed by atoms with Crippen molar-refractivity contribution >= 4 is 17.4 Å². The topological polar surface area (TPSA) is 52.7 Å². The molecule has 1 atom stereocenters. The Morgan fingerprint density at radius 3 is 2.50 bits per heavy atom. The van der Waals surface area contributed by atoms with Gasteiger partial charge in [-0.2, -0.15) is 0 Å². The van der Waals surface area contributed by atoms with Gasteiger partial charge in [-0.15, -0.1) is 0 Å². The molecule has 2 aliphatic heterocycles. The summed E-state index contributed by atoms with van der Waals surface area (Å²) in [6.07, 6.45) is 5.48. The Morgan fingerprint density at radius 2 is 1.79 bits per heavy atom. The maximum Gasteiger partial charge on any atom is 0.247 e. The molecule has 1 amide bonds. The first kappa shape index (κ1) is 15.6. The highest BCUT2D eigenvalue weighted by Crippen LogP contribution is 2.37. The second-order valence-electron chi connectivity index (χ2n) is 7.22. The molecule has 1 spiro atoms. The van der Waals surface area contributed by atoms with E-state index < -0.39 is 5.54 Å². The van der Waals surface area contributed by atoms with Crippen molar-refractivity contribution in [3.05, 3.63) is 30.3 Å². The largest absolute Gasteiger partial charge is 0.339 e. The molecule has 5 nitrogen and oxygen atoms in total. The fourth-order valence-corrected chi connectivity index (χ4v) is 4.59. The zero-order valence-electron chi connectivity index (χ0n) is 14.0.